The Hall–Kier alpha value is -0.780. The summed E-state index contributed by atoms with van der Waals surface area (Å²) in [7, 11) is 0. The maximum absolute atomic E-state index is 12.7. The van der Waals surface area contributed by atoms with Gasteiger partial charge in [0.1, 0.15) is 0 Å². The topological polar surface area (TPSA) is 46.5 Å². The van der Waals surface area contributed by atoms with Crippen LogP contribution in [0.3, 0.4) is 0 Å². The van der Waals surface area contributed by atoms with Gasteiger partial charge in [0.05, 0.1) is 17.9 Å². The molecule has 6 heteroatoms. The molecule has 2 aliphatic rings. The minimum atomic E-state index is -4.33. The number of hydrogen-bond acceptors (Lipinski definition) is 2. The molecule has 1 aliphatic heterocycles. The van der Waals surface area contributed by atoms with Crippen LogP contribution in [0, 0.1) is 23.7 Å². The van der Waals surface area contributed by atoms with Crippen LogP contribution in [-0.4, -0.2) is 30.0 Å². The molecule has 1 saturated heterocycles. The largest absolute Gasteiger partial charge is 0.481 e. The first-order valence-electron chi connectivity index (χ1n) is 5.71. The molecule has 1 N–H and O–H groups in total. The molecule has 0 spiro atoms. The van der Waals surface area contributed by atoms with E-state index in [1.54, 1.807) is 0 Å². The van der Waals surface area contributed by atoms with Crippen LogP contribution >= 0.6 is 0 Å². The van der Waals surface area contributed by atoms with Crippen LogP contribution in [0.2, 0.25) is 0 Å². The molecule has 1 heterocycles. The molecule has 0 aromatic rings. The van der Waals surface area contributed by atoms with Crippen molar-refractivity contribution in [3.05, 3.63) is 0 Å². The first-order valence-corrected chi connectivity index (χ1v) is 5.71. The van der Waals surface area contributed by atoms with E-state index in [1.165, 1.54) is 0 Å². The molecule has 0 aromatic heterocycles. The van der Waals surface area contributed by atoms with Crippen molar-refractivity contribution in [1.82, 2.24) is 0 Å². The smallest absolute Gasteiger partial charge is 0.391 e. The number of alkyl halides is 3. The molecule has 0 aromatic carbocycles. The van der Waals surface area contributed by atoms with E-state index in [0.29, 0.717) is 6.61 Å². The highest BCUT2D eigenvalue weighted by Gasteiger charge is 2.54. The summed E-state index contributed by atoms with van der Waals surface area (Å²) in [5, 5.41) is 9.06. The summed E-state index contributed by atoms with van der Waals surface area (Å²) in [6.45, 7) is 2.21. The van der Waals surface area contributed by atoms with Crippen molar-refractivity contribution < 1.29 is 27.8 Å². The van der Waals surface area contributed by atoms with Gasteiger partial charge in [0.25, 0.3) is 0 Å². The number of fused-ring (bicyclic) bond motifs is 1. The maximum Gasteiger partial charge on any atom is 0.391 e. The standard InChI is InChI=1S/C11H15F3O3/c1-5-4-17-8-3-6(11(12,13)14)2-7(9(5)8)10(15)16/h5-9H,2-4H2,1H3,(H,15,16)/t5-,6-,7+,8+,9+/m0/s1. The molecule has 3 nitrogen and oxygen atoms in total. The third-order valence-corrected chi connectivity index (χ3v) is 3.96. The normalized spacial score (nSPS) is 42.2. The second kappa shape index (κ2) is 4.15. The Labute approximate surface area is 96.9 Å². The molecule has 0 bridgehead atoms. The van der Waals surface area contributed by atoms with Gasteiger partial charge in [-0.3, -0.25) is 4.79 Å². The van der Waals surface area contributed by atoms with Gasteiger partial charge in [0, 0.05) is 12.5 Å². The van der Waals surface area contributed by atoms with E-state index in [4.69, 9.17) is 9.84 Å². The zero-order valence-electron chi connectivity index (χ0n) is 9.41. The number of halogens is 3. The summed E-state index contributed by atoms with van der Waals surface area (Å²) in [4.78, 5) is 11.1. The number of rotatable bonds is 1. The number of carboxylic acids is 1. The average molecular weight is 252 g/mol. The lowest BCUT2D eigenvalue weighted by molar-refractivity contribution is -0.201. The number of ether oxygens (including phenoxy) is 1. The molecule has 98 valence electrons. The van der Waals surface area contributed by atoms with Crippen molar-refractivity contribution in [3.8, 4) is 0 Å². The van der Waals surface area contributed by atoms with Gasteiger partial charge in [0.15, 0.2) is 0 Å². The molecule has 0 unspecified atom stereocenters. The van der Waals surface area contributed by atoms with E-state index in [0.717, 1.165) is 0 Å². The number of carbonyl (C=O) groups is 1. The predicted octanol–water partition coefficient (Wildman–Crippen LogP) is 2.31. The summed E-state index contributed by atoms with van der Waals surface area (Å²) in [6, 6.07) is 0. The molecular formula is C11H15F3O3. The van der Waals surface area contributed by atoms with Crippen LogP contribution in [0.15, 0.2) is 0 Å². The van der Waals surface area contributed by atoms with Crippen molar-refractivity contribution in [2.75, 3.05) is 6.61 Å². The highest BCUT2D eigenvalue weighted by atomic mass is 19.4. The third-order valence-electron chi connectivity index (χ3n) is 3.96. The summed E-state index contributed by atoms with van der Waals surface area (Å²) >= 11 is 0. The van der Waals surface area contributed by atoms with Crippen molar-refractivity contribution in [3.63, 3.8) is 0 Å². The molecule has 0 radical (unpaired) electrons. The first kappa shape index (κ1) is 12.7. The zero-order valence-corrected chi connectivity index (χ0v) is 9.41. The minimum Gasteiger partial charge on any atom is -0.481 e. The molecule has 2 fully saturated rings. The fourth-order valence-electron chi connectivity index (χ4n) is 3.12. The second-order valence-corrected chi connectivity index (χ2v) is 5.08. The van der Waals surface area contributed by atoms with E-state index in [1.807, 2.05) is 6.92 Å². The van der Waals surface area contributed by atoms with E-state index >= 15 is 0 Å². The highest BCUT2D eigenvalue weighted by molar-refractivity contribution is 5.70. The van der Waals surface area contributed by atoms with Gasteiger partial charge >= 0.3 is 12.1 Å². The Bertz CT molecular complexity index is 316. The van der Waals surface area contributed by atoms with Gasteiger partial charge < -0.3 is 9.84 Å². The molecule has 5 atom stereocenters. The van der Waals surface area contributed by atoms with Gasteiger partial charge in [0.2, 0.25) is 0 Å². The van der Waals surface area contributed by atoms with Crippen molar-refractivity contribution >= 4 is 5.97 Å². The average Bonchev–Trinajstić information content (AvgIpc) is 2.58. The van der Waals surface area contributed by atoms with Crippen LogP contribution in [0.4, 0.5) is 13.2 Å². The summed E-state index contributed by atoms with van der Waals surface area (Å²) in [6.07, 6.45) is -5.28. The maximum atomic E-state index is 12.7. The monoisotopic (exact) mass is 252 g/mol. The second-order valence-electron chi connectivity index (χ2n) is 5.08. The fraction of sp³-hybridized carbons (Fsp3) is 0.909. The van der Waals surface area contributed by atoms with E-state index < -0.39 is 30.1 Å². The van der Waals surface area contributed by atoms with Crippen LogP contribution in [0.25, 0.3) is 0 Å². The molecule has 2 rings (SSSR count). The van der Waals surface area contributed by atoms with Gasteiger partial charge in [-0.1, -0.05) is 6.92 Å². The quantitative estimate of drug-likeness (QED) is 0.779. The van der Waals surface area contributed by atoms with Gasteiger partial charge in [-0.15, -0.1) is 0 Å². The first-order chi connectivity index (χ1) is 7.80. The minimum absolute atomic E-state index is 0.0234. The summed E-state index contributed by atoms with van der Waals surface area (Å²) in [5.74, 6) is -3.86. The van der Waals surface area contributed by atoms with Crippen LogP contribution in [0.1, 0.15) is 19.8 Å². The Morgan fingerprint density at radius 1 is 1.35 bits per heavy atom. The van der Waals surface area contributed by atoms with E-state index in [2.05, 4.69) is 0 Å². The Morgan fingerprint density at radius 2 is 2.00 bits per heavy atom. The summed E-state index contributed by atoms with van der Waals surface area (Å²) < 4.78 is 43.4. The highest BCUT2D eigenvalue weighted by Crippen LogP contribution is 2.48. The SMILES string of the molecule is C[C@H]1CO[C@@H]2C[C@@H](C(F)(F)F)C[C@@H](C(=O)O)[C@@H]12. The van der Waals surface area contributed by atoms with Crippen LogP contribution in [0.5, 0.6) is 0 Å². The number of hydrogen-bond donors (Lipinski definition) is 1. The van der Waals surface area contributed by atoms with Gasteiger partial charge in [-0.2, -0.15) is 13.2 Å². The Balaban J connectivity index is 2.20. The van der Waals surface area contributed by atoms with Crippen molar-refractivity contribution in [2.24, 2.45) is 23.7 Å². The lowest BCUT2D eigenvalue weighted by Crippen LogP contribution is -2.44. The van der Waals surface area contributed by atoms with Crippen molar-refractivity contribution in [1.29, 1.82) is 0 Å². The van der Waals surface area contributed by atoms with E-state index in [-0.39, 0.29) is 24.7 Å². The lowest BCUT2D eigenvalue weighted by atomic mass is 9.69. The third kappa shape index (κ3) is 2.27. The predicted molar refractivity (Wildman–Crippen MR) is 52.3 cm³/mol. The molecule has 1 saturated carbocycles. The lowest BCUT2D eigenvalue weighted by Gasteiger charge is -2.37. The van der Waals surface area contributed by atoms with Gasteiger partial charge in [-0.25, -0.2) is 0 Å². The number of aliphatic carboxylic acids is 1. The number of carboxylic acid groups (broad SMARTS) is 1. The van der Waals surface area contributed by atoms with Crippen LogP contribution < -0.4 is 0 Å². The molecule has 17 heavy (non-hydrogen) atoms. The van der Waals surface area contributed by atoms with E-state index in [9.17, 15) is 18.0 Å². The van der Waals surface area contributed by atoms with Crippen LogP contribution in [-0.2, 0) is 9.53 Å². The molecular weight excluding hydrogens is 237 g/mol. The van der Waals surface area contributed by atoms with Gasteiger partial charge in [-0.05, 0) is 18.8 Å². The molecule has 0 amide bonds. The Morgan fingerprint density at radius 3 is 2.53 bits per heavy atom. The van der Waals surface area contributed by atoms with Crippen molar-refractivity contribution in [2.45, 2.75) is 32.0 Å². The fourth-order valence-corrected chi connectivity index (χ4v) is 3.12. The molecule has 1 aliphatic carbocycles. The summed E-state index contributed by atoms with van der Waals surface area (Å²) in [5.41, 5.74) is 0. The Kier molecular flexibility index (Phi) is 3.10. The zero-order chi connectivity index (χ0) is 12.8.